The van der Waals surface area contributed by atoms with Crippen molar-refractivity contribution < 1.29 is 9.84 Å². The number of aryl methyl sites for hydroxylation is 1. The molecule has 3 rings (SSSR count). The average Bonchev–Trinajstić information content (AvgIpc) is 2.95. The van der Waals surface area contributed by atoms with E-state index in [1.54, 1.807) is 0 Å². The number of fused-ring (bicyclic) bond motifs is 1. The van der Waals surface area contributed by atoms with E-state index in [-0.39, 0.29) is 12.7 Å². The van der Waals surface area contributed by atoms with Crippen molar-refractivity contribution in [2.45, 2.75) is 32.3 Å². The first-order chi connectivity index (χ1) is 10.3. The highest BCUT2D eigenvalue weighted by Gasteiger charge is 2.22. The molecule has 0 bridgehead atoms. The summed E-state index contributed by atoms with van der Waals surface area (Å²) in [5.74, 6) is 1.80. The molecule has 1 fully saturated rings. The van der Waals surface area contributed by atoms with E-state index < -0.39 is 0 Å². The van der Waals surface area contributed by atoms with Gasteiger partial charge in [0.05, 0.1) is 19.3 Å². The van der Waals surface area contributed by atoms with Crippen LogP contribution in [-0.4, -0.2) is 57.3 Å². The van der Waals surface area contributed by atoms with Gasteiger partial charge in [-0.05, 0) is 25.0 Å². The number of aromatic nitrogens is 4. The molecule has 114 valence electrons. The Labute approximate surface area is 123 Å². The predicted octanol–water partition coefficient (Wildman–Crippen LogP) is 0.664. The molecule has 1 N–H and O–H groups in total. The van der Waals surface area contributed by atoms with E-state index in [0.29, 0.717) is 6.61 Å². The van der Waals surface area contributed by atoms with Crippen LogP contribution in [0.2, 0.25) is 0 Å². The predicted molar refractivity (Wildman–Crippen MR) is 78.4 cm³/mol. The van der Waals surface area contributed by atoms with Crippen LogP contribution in [-0.2, 0) is 11.2 Å². The van der Waals surface area contributed by atoms with Crippen LogP contribution in [0.3, 0.4) is 0 Å². The van der Waals surface area contributed by atoms with Crippen LogP contribution in [0, 0.1) is 0 Å². The summed E-state index contributed by atoms with van der Waals surface area (Å²) in [7, 11) is 0. The summed E-state index contributed by atoms with van der Waals surface area (Å²) in [6.45, 7) is 4.30. The first kappa shape index (κ1) is 14.2. The molecule has 1 aliphatic rings. The Morgan fingerprint density at radius 1 is 1.38 bits per heavy atom. The Hall–Kier alpha value is -1.73. The van der Waals surface area contributed by atoms with E-state index in [2.05, 4.69) is 20.2 Å². The van der Waals surface area contributed by atoms with Crippen LogP contribution in [0.5, 0.6) is 0 Å². The number of aliphatic hydroxyl groups excluding tert-OH is 1. The fourth-order valence-electron chi connectivity index (χ4n) is 2.71. The van der Waals surface area contributed by atoms with Crippen molar-refractivity contribution >= 4 is 11.5 Å². The third kappa shape index (κ3) is 2.98. The van der Waals surface area contributed by atoms with Gasteiger partial charge in [0.25, 0.3) is 0 Å². The van der Waals surface area contributed by atoms with E-state index in [4.69, 9.17) is 9.84 Å². The first-order valence-electron chi connectivity index (χ1n) is 7.50. The maximum atomic E-state index is 8.86. The molecule has 1 atom stereocenters. The third-order valence-electron chi connectivity index (χ3n) is 3.78. The van der Waals surface area contributed by atoms with Crippen molar-refractivity contribution in [1.82, 2.24) is 19.8 Å². The lowest BCUT2D eigenvalue weighted by molar-refractivity contribution is 0.0213. The van der Waals surface area contributed by atoms with E-state index in [9.17, 15) is 0 Å². The Bertz CT molecular complexity index is 600. The van der Waals surface area contributed by atoms with Crippen molar-refractivity contribution in [2.24, 2.45) is 0 Å². The molecule has 7 heteroatoms. The summed E-state index contributed by atoms with van der Waals surface area (Å²) >= 11 is 0. The molecule has 2 aromatic rings. The van der Waals surface area contributed by atoms with Crippen molar-refractivity contribution in [3.05, 3.63) is 18.0 Å². The van der Waals surface area contributed by atoms with E-state index in [0.717, 1.165) is 49.6 Å². The summed E-state index contributed by atoms with van der Waals surface area (Å²) in [4.78, 5) is 2.23. The molecule has 1 saturated heterocycles. The molecule has 2 aromatic heterocycles. The van der Waals surface area contributed by atoms with Crippen molar-refractivity contribution in [3.8, 4) is 0 Å². The van der Waals surface area contributed by atoms with E-state index in [1.165, 1.54) is 0 Å². The number of hydrogen-bond acceptors (Lipinski definition) is 6. The van der Waals surface area contributed by atoms with Crippen LogP contribution >= 0.6 is 0 Å². The molecule has 1 aliphatic heterocycles. The number of hydrogen-bond donors (Lipinski definition) is 1. The summed E-state index contributed by atoms with van der Waals surface area (Å²) in [6.07, 6.45) is 3.07. The Balaban J connectivity index is 1.79. The number of aliphatic hydroxyl groups is 1. The number of anilines is 1. The Kier molecular flexibility index (Phi) is 4.31. The third-order valence-corrected chi connectivity index (χ3v) is 3.78. The van der Waals surface area contributed by atoms with Crippen molar-refractivity contribution in [3.63, 3.8) is 0 Å². The monoisotopic (exact) mass is 291 g/mol. The van der Waals surface area contributed by atoms with E-state index >= 15 is 0 Å². The zero-order valence-corrected chi connectivity index (χ0v) is 12.3. The van der Waals surface area contributed by atoms with Gasteiger partial charge in [0.15, 0.2) is 11.5 Å². The van der Waals surface area contributed by atoms with Gasteiger partial charge in [-0.15, -0.1) is 15.3 Å². The van der Waals surface area contributed by atoms with Gasteiger partial charge in [-0.2, -0.15) is 4.52 Å². The molecule has 0 spiro atoms. The van der Waals surface area contributed by atoms with Crippen LogP contribution in [0.15, 0.2) is 12.1 Å². The molecule has 0 amide bonds. The highest BCUT2D eigenvalue weighted by atomic mass is 16.5. The standard InChI is InChI=1S/C14H21N5O2/c1-2-12-15-16-13-5-6-14(17-19(12)13)18-7-3-4-11(10-18)21-9-8-20/h5-6,11,20H,2-4,7-10H2,1H3. The molecule has 1 unspecified atom stereocenters. The lowest BCUT2D eigenvalue weighted by Crippen LogP contribution is -2.40. The number of rotatable bonds is 5. The van der Waals surface area contributed by atoms with Crippen LogP contribution in [0.1, 0.15) is 25.6 Å². The van der Waals surface area contributed by atoms with Crippen molar-refractivity contribution in [1.29, 1.82) is 0 Å². The fraction of sp³-hybridized carbons (Fsp3) is 0.643. The smallest absolute Gasteiger partial charge is 0.178 e. The molecular weight excluding hydrogens is 270 g/mol. The SMILES string of the molecule is CCc1nnc2ccc(N3CCCC(OCCO)C3)nn12. The topological polar surface area (TPSA) is 75.8 Å². The largest absolute Gasteiger partial charge is 0.394 e. The molecule has 0 aliphatic carbocycles. The Morgan fingerprint density at radius 2 is 2.29 bits per heavy atom. The van der Waals surface area contributed by atoms with Gasteiger partial charge >= 0.3 is 0 Å². The van der Waals surface area contributed by atoms with Crippen LogP contribution < -0.4 is 4.90 Å². The summed E-state index contributed by atoms with van der Waals surface area (Å²) in [6, 6.07) is 3.94. The molecule has 0 radical (unpaired) electrons. The highest BCUT2D eigenvalue weighted by molar-refractivity contribution is 5.46. The molecule has 7 nitrogen and oxygen atoms in total. The van der Waals surface area contributed by atoms with Gasteiger partial charge < -0.3 is 14.7 Å². The minimum Gasteiger partial charge on any atom is -0.394 e. The van der Waals surface area contributed by atoms with E-state index in [1.807, 2.05) is 23.6 Å². The summed E-state index contributed by atoms with van der Waals surface area (Å²) in [5, 5.41) is 21.8. The lowest BCUT2D eigenvalue weighted by Gasteiger charge is -2.33. The van der Waals surface area contributed by atoms with Crippen molar-refractivity contribution in [2.75, 3.05) is 31.2 Å². The summed E-state index contributed by atoms with van der Waals surface area (Å²) in [5.41, 5.74) is 0.778. The molecule has 0 saturated carbocycles. The van der Waals surface area contributed by atoms with Gasteiger partial charge in [-0.1, -0.05) is 6.92 Å². The normalized spacial score (nSPS) is 19.3. The Morgan fingerprint density at radius 3 is 3.10 bits per heavy atom. The number of nitrogens with zero attached hydrogens (tertiary/aromatic N) is 5. The van der Waals surface area contributed by atoms with Gasteiger partial charge in [-0.3, -0.25) is 0 Å². The maximum absolute atomic E-state index is 8.86. The average molecular weight is 291 g/mol. The number of piperidine rings is 1. The van der Waals surface area contributed by atoms with Gasteiger partial charge in [0.1, 0.15) is 5.82 Å². The second-order valence-electron chi connectivity index (χ2n) is 5.24. The molecular formula is C14H21N5O2. The summed E-state index contributed by atoms with van der Waals surface area (Å²) < 4.78 is 7.46. The molecule has 3 heterocycles. The second-order valence-corrected chi connectivity index (χ2v) is 5.24. The first-order valence-corrected chi connectivity index (χ1v) is 7.50. The number of ether oxygens (including phenoxy) is 1. The fourth-order valence-corrected chi connectivity index (χ4v) is 2.71. The zero-order valence-electron chi connectivity index (χ0n) is 12.3. The lowest BCUT2D eigenvalue weighted by atomic mass is 10.1. The zero-order chi connectivity index (χ0) is 14.7. The van der Waals surface area contributed by atoms with Gasteiger partial charge in [0.2, 0.25) is 0 Å². The maximum Gasteiger partial charge on any atom is 0.178 e. The minimum absolute atomic E-state index is 0.0707. The van der Waals surface area contributed by atoms with Gasteiger partial charge in [0, 0.05) is 19.5 Å². The van der Waals surface area contributed by atoms with Crippen LogP contribution in [0.4, 0.5) is 5.82 Å². The quantitative estimate of drug-likeness (QED) is 0.872. The minimum atomic E-state index is 0.0707. The molecule has 21 heavy (non-hydrogen) atoms. The highest BCUT2D eigenvalue weighted by Crippen LogP contribution is 2.20. The second kappa shape index (κ2) is 6.36. The molecule has 0 aromatic carbocycles. The van der Waals surface area contributed by atoms with Gasteiger partial charge in [-0.25, -0.2) is 0 Å². The van der Waals surface area contributed by atoms with Crippen LogP contribution in [0.25, 0.3) is 5.65 Å².